The molecule has 0 N–H and O–H groups in total. The topological polar surface area (TPSA) is 38.7 Å². The molecule has 10 rings (SSSR count). The van der Waals surface area contributed by atoms with Crippen molar-refractivity contribution in [1.29, 1.82) is 0 Å². The van der Waals surface area contributed by atoms with Crippen LogP contribution < -0.4 is 0 Å². The summed E-state index contributed by atoms with van der Waals surface area (Å²) in [5.41, 5.74) is 5.21. The number of fused-ring (bicyclic) bond motifs is 8. The van der Waals surface area contributed by atoms with Crippen LogP contribution in [0.1, 0.15) is 0 Å². The van der Waals surface area contributed by atoms with Gasteiger partial charge in [-0.3, -0.25) is 0 Å². The largest absolute Gasteiger partial charge is 0.208 e. The monoisotopic (exact) mass is 635 g/mol. The Morgan fingerprint density at radius 1 is 0.260 bits per heavy atom. The lowest BCUT2D eigenvalue weighted by Gasteiger charge is -2.13. The highest BCUT2D eigenvalue weighted by atomic mass is 15.0. The standard InChI is InChI=1S/C47H29N3/c1-2-11-34(12-3-1)45-48-46(50-47(49-45)37-22-17-30-9-4-5-13-36(30)29-37)35-20-18-32(19-21-35)39-15-8-16-42-40(39)26-24-33-25-27-41-38-14-7-6-10-31(38)23-28-43(41)44(33)42/h1-29H. The number of aromatic nitrogens is 3. The van der Waals surface area contributed by atoms with E-state index in [1.54, 1.807) is 0 Å². The SMILES string of the molecule is c1ccc(-c2nc(-c3ccc(-c4cccc5c4ccc4ccc6c7ccccc7ccc6c45)cc3)nc(-c3ccc4ccccc4c3)n2)cc1. The zero-order valence-corrected chi connectivity index (χ0v) is 27.1. The number of hydrogen-bond donors (Lipinski definition) is 0. The molecular formula is C47H29N3. The van der Waals surface area contributed by atoms with Crippen LogP contribution in [0.5, 0.6) is 0 Å². The van der Waals surface area contributed by atoms with Gasteiger partial charge in [0.15, 0.2) is 17.5 Å². The van der Waals surface area contributed by atoms with Crippen LogP contribution in [0.25, 0.3) is 99.2 Å². The first-order valence-corrected chi connectivity index (χ1v) is 16.9. The Hall–Kier alpha value is -6.71. The fraction of sp³-hybridized carbons (Fsp3) is 0. The third kappa shape index (κ3) is 4.71. The van der Waals surface area contributed by atoms with Crippen LogP contribution in [0.4, 0.5) is 0 Å². The molecule has 0 aliphatic carbocycles. The Balaban J connectivity index is 1.09. The third-order valence-corrected chi connectivity index (χ3v) is 9.89. The summed E-state index contributed by atoms with van der Waals surface area (Å²) >= 11 is 0. The molecule has 3 heteroatoms. The van der Waals surface area contributed by atoms with E-state index in [1.807, 2.05) is 30.3 Å². The van der Waals surface area contributed by atoms with Crippen LogP contribution >= 0.6 is 0 Å². The smallest absolute Gasteiger partial charge is 0.164 e. The molecule has 3 nitrogen and oxygen atoms in total. The lowest BCUT2D eigenvalue weighted by molar-refractivity contribution is 1.07. The second-order valence-electron chi connectivity index (χ2n) is 12.8. The van der Waals surface area contributed by atoms with Crippen LogP contribution in [0.2, 0.25) is 0 Å². The average molecular weight is 636 g/mol. The summed E-state index contributed by atoms with van der Waals surface area (Å²) in [5, 5.41) is 12.5. The molecule has 0 fully saturated rings. The van der Waals surface area contributed by atoms with Gasteiger partial charge in [0, 0.05) is 16.7 Å². The summed E-state index contributed by atoms with van der Waals surface area (Å²) in [6.07, 6.45) is 0. The van der Waals surface area contributed by atoms with Crippen molar-refractivity contribution in [3.05, 3.63) is 176 Å². The highest BCUT2D eigenvalue weighted by Gasteiger charge is 2.15. The van der Waals surface area contributed by atoms with Crippen molar-refractivity contribution in [1.82, 2.24) is 15.0 Å². The zero-order chi connectivity index (χ0) is 33.0. The van der Waals surface area contributed by atoms with Gasteiger partial charge in [-0.15, -0.1) is 0 Å². The van der Waals surface area contributed by atoms with Gasteiger partial charge in [0.25, 0.3) is 0 Å². The normalized spacial score (nSPS) is 11.6. The molecule has 0 saturated heterocycles. The second kappa shape index (κ2) is 11.5. The first kappa shape index (κ1) is 28.3. The molecule has 0 saturated carbocycles. The molecule has 50 heavy (non-hydrogen) atoms. The van der Waals surface area contributed by atoms with Crippen molar-refractivity contribution in [2.45, 2.75) is 0 Å². The average Bonchev–Trinajstić information content (AvgIpc) is 3.20. The van der Waals surface area contributed by atoms with E-state index in [0.717, 1.165) is 27.6 Å². The van der Waals surface area contributed by atoms with Crippen molar-refractivity contribution in [3.63, 3.8) is 0 Å². The Labute approximate surface area is 289 Å². The van der Waals surface area contributed by atoms with Crippen molar-refractivity contribution in [3.8, 4) is 45.3 Å². The van der Waals surface area contributed by atoms with Crippen molar-refractivity contribution in [2.75, 3.05) is 0 Å². The molecular weight excluding hydrogens is 607 g/mol. The van der Waals surface area contributed by atoms with Gasteiger partial charge >= 0.3 is 0 Å². The molecule has 0 aliphatic heterocycles. The van der Waals surface area contributed by atoms with Gasteiger partial charge in [-0.05, 0) is 71.1 Å². The molecule has 9 aromatic carbocycles. The molecule has 0 amide bonds. The molecule has 1 aromatic heterocycles. The lowest BCUT2D eigenvalue weighted by Crippen LogP contribution is -2.00. The summed E-state index contributed by atoms with van der Waals surface area (Å²) in [6, 6.07) is 62.4. The van der Waals surface area contributed by atoms with Crippen LogP contribution in [-0.2, 0) is 0 Å². The molecule has 0 aliphatic rings. The molecule has 232 valence electrons. The summed E-state index contributed by atoms with van der Waals surface area (Å²) in [6.45, 7) is 0. The minimum atomic E-state index is 0.649. The minimum absolute atomic E-state index is 0.649. The van der Waals surface area contributed by atoms with E-state index < -0.39 is 0 Å². The van der Waals surface area contributed by atoms with Crippen LogP contribution in [0.15, 0.2) is 176 Å². The summed E-state index contributed by atoms with van der Waals surface area (Å²) in [7, 11) is 0. The van der Waals surface area contributed by atoms with Gasteiger partial charge in [0.05, 0.1) is 0 Å². The first-order chi connectivity index (χ1) is 24.8. The van der Waals surface area contributed by atoms with E-state index in [9.17, 15) is 0 Å². The van der Waals surface area contributed by atoms with Crippen molar-refractivity contribution in [2.24, 2.45) is 0 Å². The number of nitrogens with zero attached hydrogens (tertiary/aromatic N) is 3. The van der Waals surface area contributed by atoms with Crippen LogP contribution in [0, 0.1) is 0 Å². The zero-order valence-electron chi connectivity index (χ0n) is 27.1. The molecule has 0 atom stereocenters. The molecule has 0 unspecified atom stereocenters. The van der Waals surface area contributed by atoms with E-state index in [4.69, 9.17) is 15.0 Å². The molecule has 10 aromatic rings. The number of benzene rings is 9. The third-order valence-electron chi connectivity index (χ3n) is 9.89. The highest BCUT2D eigenvalue weighted by molar-refractivity contribution is 6.25. The van der Waals surface area contributed by atoms with Gasteiger partial charge in [-0.2, -0.15) is 0 Å². The second-order valence-corrected chi connectivity index (χ2v) is 12.8. The van der Waals surface area contributed by atoms with Crippen LogP contribution in [-0.4, -0.2) is 15.0 Å². The van der Waals surface area contributed by atoms with Crippen molar-refractivity contribution < 1.29 is 0 Å². The van der Waals surface area contributed by atoms with Gasteiger partial charge in [0.2, 0.25) is 0 Å². The molecule has 0 bridgehead atoms. The highest BCUT2D eigenvalue weighted by Crippen LogP contribution is 2.39. The Bertz CT molecular complexity index is 2910. The number of hydrogen-bond acceptors (Lipinski definition) is 3. The summed E-state index contributed by atoms with van der Waals surface area (Å²) in [4.78, 5) is 14.9. The van der Waals surface area contributed by atoms with E-state index in [2.05, 4.69) is 146 Å². The quantitative estimate of drug-likeness (QED) is 0.181. The van der Waals surface area contributed by atoms with E-state index >= 15 is 0 Å². The maximum absolute atomic E-state index is 5.02. The van der Waals surface area contributed by atoms with E-state index in [-0.39, 0.29) is 0 Å². The van der Waals surface area contributed by atoms with Crippen LogP contribution in [0.3, 0.4) is 0 Å². The van der Waals surface area contributed by atoms with Gasteiger partial charge in [0.1, 0.15) is 0 Å². The summed E-state index contributed by atoms with van der Waals surface area (Å²) < 4.78 is 0. The lowest BCUT2D eigenvalue weighted by atomic mass is 9.91. The van der Waals surface area contributed by atoms with E-state index in [1.165, 1.54) is 54.0 Å². The fourth-order valence-electron chi connectivity index (χ4n) is 7.41. The maximum Gasteiger partial charge on any atom is 0.164 e. The Morgan fingerprint density at radius 2 is 0.780 bits per heavy atom. The Morgan fingerprint density at radius 3 is 1.58 bits per heavy atom. The predicted octanol–water partition coefficient (Wildman–Crippen LogP) is 12.3. The van der Waals surface area contributed by atoms with Crippen molar-refractivity contribution >= 4 is 53.9 Å². The molecule has 1 heterocycles. The Kier molecular flexibility index (Phi) is 6.49. The maximum atomic E-state index is 5.02. The molecule has 0 spiro atoms. The van der Waals surface area contributed by atoms with Gasteiger partial charge in [-0.1, -0.05) is 170 Å². The first-order valence-electron chi connectivity index (χ1n) is 16.9. The minimum Gasteiger partial charge on any atom is -0.208 e. The van der Waals surface area contributed by atoms with Gasteiger partial charge in [-0.25, -0.2) is 15.0 Å². The summed E-state index contributed by atoms with van der Waals surface area (Å²) in [5.74, 6) is 1.96. The predicted molar refractivity (Wildman–Crippen MR) is 209 cm³/mol. The molecule has 0 radical (unpaired) electrons. The van der Waals surface area contributed by atoms with Gasteiger partial charge < -0.3 is 0 Å². The number of rotatable bonds is 4. The van der Waals surface area contributed by atoms with E-state index in [0.29, 0.717) is 17.5 Å². The fourth-order valence-corrected chi connectivity index (χ4v) is 7.41.